The highest BCUT2D eigenvalue weighted by molar-refractivity contribution is 5.76. The van der Waals surface area contributed by atoms with Crippen LogP contribution in [-0.2, 0) is 4.79 Å². The van der Waals surface area contributed by atoms with Crippen LogP contribution in [0.1, 0.15) is 99.3 Å². The summed E-state index contributed by atoms with van der Waals surface area (Å²) in [6.45, 7) is 17.4. The molecule has 0 aromatic heterocycles. The molecule has 0 aromatic rings. The maximum Gasteiger partial charge on any atom is 0.312 e. The van der Waals surface area contributed by atoms with Crippen molar-refractivity contribution in [3.8, 4) is 0 Å². The Kier molecular flexibility index (Phi) is 6.69. The molecule has 4 heteroatoms. The molecule has 4 nitrogen and oxygen atoms in total. The lowest BCUT2D eigenvalue weighted by Gasteiger charge is -2.60. The van der Waals surface area contributed by atoms with Gasteiger partial charge in [0.2, 0.25) is 0 Å². The third kappa shape index (κ3) is 3.57. The van der Waals surface area contributed by atoms with E-state index in [0.717, 1.165) is 44.9 Å². The second-order valence-electron chi connectivity index (χ2n) is 13.3. The van der Waals surface area contributed by atoms with Gasteiger partial charge in [0.1, 0.15) is 0 Å². The number of aliphatic hydroxyl groups is 2. The number of carbonyl (C=O) groups is 1. The molecule has 9 atom stereocenters. The summed E-state index contributed by atoms with van der Waals surface area (Å²) in [5.74, 6) is 1.01. The van der Waals surface area contributed by atoms with Crippen LogP contribution >= 0.6 is 0 Å². The van der Waals surface area contributed by atoms with Gasteiger partial charge in [-0.25, -0.2) is 0 Å². The summed E-state index contributed by atoms with van der Waals surface area (Å²) >= 11 is 0. The SMILES string of the molecule is C=C(CC[C@@H](C)[C@H]1CC[C@H]2C3=C(C[C@@H](O)[C@]12C)[C@@]1(C)CC[C@H](O)[C@@](C)(C(=O)O)[C@@H]1CC3)C(C)C. The quantitative estimate of drug-likeness (QED) is 0.393. The molecule has 2 saturated carbocycles. The van der Waals surface area contributed by atoms with E-state index in [1.165, 1.54) is 16.7 Å². The maximum absolute atomic E-state index is 12.4. The predicted molar refractivity (Wildman–Crippen MR) is 136 cm³/mol. The standard InChI is InChI=1S/C30H48O4/c1-17(2)18(3)8-9-19(4)21-11-12-22-20-10-13-24-28(5,23(20)16-26(32)29(21,22)6)15-14-25(31)30(24,7)27(33)34/h17,19,21-22,24-26,31-32H,3,8-16H2,1-2,4-7H3,(H,33,34)/t19-,21-,22+,24-,25+,26-,28-,29-,30+/m1/s1. The van der Waals surface area contributed by atoms with Gasteiger partial charge < -0.3 is 15.3 Å². The summed E-state index contributed by atoms with van der Waals surface area (Å²) in [4.78, 5) is 12.4. The second kappa shape index (κ2) is 8.76. The lowest BCUT2D eigenvalue weighted by molar-refractivity contribution is -0.176. The molecule has 0 heterocycles. The first kappa shape index (κ1) is 25.9. The molecule has 4 aliphatic rings. The van der Waals surface area contributed by atoms with E-state index in [2.05, 4.69) is 41.2 Å². The smallest absolute Gasteiger partial charge is 0.312 e. The van der Waals surface area contributed by atoms with Gasteiger partial charge in [-0.05, 0) is 99.7 Å². The number of hydrogen-bond acceptors (Lipinski definition) is 3. The molecule has 0 unspecified atom stereocenters. The summed E-state index contributed by atoms with van der Waals surface area (Å²) in [5, 5.41) is 32.6. The number of carboxylic acid groups (broad SMARTS) is 1. The fourth-order valence-corrected chi connectivity index (χ4v) is 9.11. The summed E-state index contributed by atoms with van der Waals surface area (Å²) in [6, 6.07) is 0. The van der Waals surface area contributed by atoms with Crippen LogP contribution in [0.15, 0.2) is 23.3 Å². The lowest BCUT2D eigenvalue weighted by Crippen LogP contribution is -2.59. The highest BCUT2D eigenvalue weighted by Crippen LogP contribution is 2.68. The van der Waals surface area contributed by atoms with E-state index in [0.29, 0.717) is 36.5 Å². The van der Waals surface area contributed by atoms with E-state index in [1.807, 2.05) is 0 Å². The molecule has 4 aliphatic carbocycles. The Hall–Kier alpha value is -1.13. The summed E-state index contributed by atoms with van der Waals surface area (Å²) in [6.07, 6.45) is 7.05. The third-order valence-corrected chi connectivity index (χ3v) is 11.6. The van der Waals surface area contributed by atoms with Crippen molar-refractivity contribution in [2.45, 2.75) is 112 Å². The van der Waals surface area contributed by atoms with E-state index < -0.39 is 23.6 Å². The maximum atomic E-state index is 12.4. The molecule has 34 heavy (non-hydrogen) atoms. The topological polar surface area (TPSA) is 77.8 Å². The molecule has 0 spiro atoms. The van der Waals surface area contributed by atoms with Gasteiger partial charge in [0.25, 0.3) is 0 Å². The Morgan fingerprint density at radius 1 is 1.06 bits per heavy atom. The molecular weight excluding hydrogens is 424 g/mol. The van der Waals surface area contributed by atoms with Crippen molar-refractivity contribution >= 4 is 5.97 Å². The van der Waals surface area contributed by atoms with Gasteiger partial charge in [-0.1, -0.05) is 57.9 Å². The first-order chi connectivity index (χ1) is 15.8. The zero-order valence-electron chi connectivity index (χ0n) is 22.4. The van der Waals surface area contributed by atoms with Gasteiger partial charge in [0.05, 0.1) is 17.6 Å². The van der Waals surface area contributed by atoms with Crippen molar-refractivity contribution in [2.75, 3.05) is 0 Å². The molecule has 4 rings (SSSR count). The minimum Gasteiger partial charge on any atom is -0.481 e. The number of allylic oxidation sites excluding steroid dienone is 2. The Labute approximate surface area is 206 Å². The summed E-state index contributed by atoms with van der Waals surface area (Å²) in [5.41, 5.74) is 2.73. The van der Waals surface area contributed by atoms with Crippen molar-refractivity contribution in [1.29, 1.82) is 0 Å². The van der Waals surface area contributed by atoms with Crippen molar-refractivity contribution in [3.63, 3.8) is 0 Å². The van der Waals surface area contributed by atoms with Crippen LogP contribution < -0.4 is 0 Å². The molecule has 0 radical (unpaired) electrons. The zero-order valence-corrected chi connectivity index (χ0v) is 22.4. The first-order valence-electron chi connectivity index (χ1n) is 13.8. The van der Waals surface area contributed by atoms with Crippen LogP contribution in [0.4, 0.5) is 0 Å². The van der Waals surface area contributed by atoms with Crippen LogP contribution in [0.25, 0.3) is 0 Å². The van der Waals surface area contributed by atoms with Crippen LogP contribution in [0.3, 0.4) is 0 Å². The molecule has 0 amide bonds. The molecule has 0 saturated heterocycles. The van der Waals surface area contributed by atoms with E-state index in [9.17, 15) is 20.1 Å². The predicted octanol–water partition coefficient (Wildman–Crippen LogP) is 6.37. The van der Waals surface area contributed by atoms with Crippen molar-refractivity contribution in [1.82, 2.24) is 0 Å². The fraction of sp³-hybridized carbons (Fsp3) is 0.833. The Morgan fingerprint density at radius 2 is 1.74 bits per heavy atom. The molecule has 0 aliphatic heterocycles. The van der Waals surface area contributed by atoms with Gasteiger partial charge in [-0.3, -0.25) is 4.79 Å². The largest absolute Gasteiger partial charge is 0.481 e. The molecular formula is C30H48O4. The van der Waals surface area contributed by atoms with Crippen LogP contribution in [0, 0.1) is 45.8 Å². The molecule has 192 valence electrons. The van der Waals surface area contributed by atoms with Gasteiger partial charge in [0, 0.05) is 5.41 Å². The average molecular weight is 473 g/mol. The Bertz CT molecular complexity index is 873. The van der Waals surface area contributed by atoms with E-state index in [4.69, 9.17) is 0 Å². The van der Waals surface area contributed by atoms with Crippen molar-refractivity contribution in [3.05, 3.63) is 23.3 Å². The average Bonchev–Trinajstić information content (AvgIpc) is 3.14. The van der Waals surface area contributed by atoms with Crippen LogP contribution in [0.2, 0.25) is 0 Å². The van der Waals surface area contributed by atoms with E-state index in [1.54, 1.807) is 6.92 Å². The first-order valence-corrected chi connectivity index (χ1v) is 13.8. The lowest BCUT2D eigenvalue weighted by atomic mass is 9.45. The van der Waals surface area contributed by atoms with Gasteiger partial charge in [0.15, 0.2) is 0 Å². The highest BCUT2D eigenvalue weighted by Gasteiger charge is 2.64. The molecule has 0 aromatic carbocycles. The van der Waals surface area contributed by atoms with E-state index in [-0.39, 0.29) is 16.7 Å². The number of hydrogen-bond donors (Lipinski definition) is 3. The minimum absolute atomic E-state index is 0.0882. The second-order valence-corrected chi connectivity index (χ2v) is 13.3. The molecule has 2 fully saturated rings. The number of carboxylic acids is 1. The third-order valence-electron chi connectivity index (χ3n) is 11.6. The van der Waals surface area contributed by atoms with Crippen molar-refractivity contribution in [2.24, 2.45) is 45.8 Å². The molecule has 0 bridgehead atoms. The van der Waals surface area contributed by atoms with Gasteiger partial charge in [-0.15, -0.1) is 0 Å². The fourth-order valence-electron chi connectivity index (χ4n) is 9.11. The van der Waals surface area contributed by atoms with Crippen LogP contribution in [0.5, 0.6) is 0 Å². The zero-order chi connectivity index (χ0) is 25.2. The number of rotatable bonds is 6. The molecule has 3 N–H and O–H groups in total. The number of aliphatic hydroxyl groups excluding tert-OH is 2. The normalized spacial score (nSPS) is 44.9. The van der Waals surface area contributed by atoms with Gasteiger partial charge in [-0.2, -0.15) is 0 Å². The monoisotopic (exact) mass is 472 g/mol. The number of aliphatic carboxylic acids is 1. The summed E-state index contributed by atoms with van der Waals surface area (Å²) < 4.78 is 0. The Balaban J connectivity index is 1.64. The van der Waals surface area contributed by atoms with E-state index >= 15 is 0 Å². The minimum atomic E-state index is -1.12. The number of fused-ring (bicyclic) bond motifs is 4. The van der Waals surface area contributed by atoms with Gasteiger partial charge >= 0.3 is 5.97 Å². The highest BCUT2D eigenvalue weighted by atomic mass is 16.4. The Morgan fingerprint density at radius 3 is 2.35 bits per heavy atom. The summed E-state index contributed by atoms with van der Waals surface area (Å²) in [7, 11) is 0. The van der Waals surface area contributed by atoms with Crippen LogP contribution in [-0.4, -0.2) is 33.5 Å². The van der Waals surface area contributed by atoms with Crippen molar-refractivity contribution < 1.29 is 20.1 Å².